The molecular formula is C16H24N2O. The predicted molar refractivity (Wildman–Crippen MR) is 80.4 cm³/mol. The maximum Gasteiger partial charge on any atom is 0.0652 e. The van der Waals surface area contributed by atoms with Crippen molar-refractivity contribution >= 4 is 10.9 Å². The summed E-state index contributed by atoms with van der Waals surface area (Å²) < 4.78 is 8.04. The van der Waals surface area contributed by atoms with E-state index in [0.29, 0.717) is 6.54 Å². The summed E-state index contributed by atoms with van der Waals surface area (Å²) in [5.41, 5.74) is 8.11. The van der Waals surface area contributed by atoms with Crippen LogP contribution in [-0.2, 0) is 17.7 Å². The molecule has 0 amide bonds. The molecule has 0 bridgehead atoms. The van der Waals surface area contributed by atoms with E-state index < -0.39 is 0 Å². The summed E-state index contributed by atoms with van der Waals surface area (Å²) in [7, 11) is 0. The summed E-state index contributed by atoms with van der Waals surface area (Å²) in [5, 5.41) is 1.27. The second kappa shape index (κ2) is 5.76. The molecule has 0 aliphatic heterocycles. The Labute approximate surface area is 115 Å². The van der Waals surface area contributed by atoms with Gasteiger partial charge in [0.05, 0.1) is 12.2 Å². The van der Waals surface area contributed by atoms with Gasteiger partial charge in [-0.3, -0.25) is 0 Å². The molecule has 0 radical (unpaired) electrons. The van der Waals surface area contributed by atoms with Gasteiger partial charge >= 0.3 is 0 Å². The Kier molecular flexibility index (Phi) is 4.27. The van der Waals surface area contributed by atoms with Gasteiger partial charge in [0.25, 0.3) is 0 Å². The van der Waals surface area contributed by atoms with Gasteiger partial charge < -0.3 is 15.0 Å². The molecule has 3 nitrogen and oxygen atoms in total. The highest BCUT2D eigenvalue weighted by Gasteiger charge is 2.10. The Morgan fingerprint density at radius 2 is 2.00 bits per heavy atom. The first-order valence-electron chi connectivity index (χ1n) is 6.91. The Balaban J connectivity index is 2.12. The van der Waals surface area contributed by atoms with Gasteiger partial charge in [-0.05, 0) is 56.8 Å². The summed E-state index contributed by atoms with van der Waals surface area (Å²) in [5.74, 6) is 0. The van der Waals surface area contributed by atoms with E-state index in [9.17, 15) is 0 Å². The third-order valence-corrected chi connectivity index (χ3v) is 3.14. The Bertz CT molecular complexity index is 537. The normalized spacial score (nSPS) is 12.2. The van der Waals surface area contributed by atoms with Crippen molar-refractivity contribution in [2.75, 3.05) is 13.2 Å². The third-order valence-electron chi connectivity index (χ3n) is 3.14. The molecule has 3 heteroatoms. The summed E-state index contributed by atoms with van der Waals surface area (Å²) in [6, 6.07) is 8.71. The van der Waals surface area contributed by atoms with Gasteiger partial charge in [-0.1, -0.05) is 12.1 Å². The molecule has 0 aliphatic rings. The van der Waals surface area contributed by atoms with Crippen LogP contribution in [0.15, 0.2) is 30.5 Å². The lowest BCUT2D eigenvalue weighted by molar-refractivity contribution is -0.00644. The number of hydrogen-bond donors (Lipinski definition) is 1. The minimum atomic E-state index is -0.0757. The highest BCUT2D eigenvalue weighted by atomic mass is 16.5. The minimum Gasteiger partial charge on any atom is -0.374 e. The van der Waals surface area contributed by atoms with E-state index in [4.69, 9.17) is 10.5 Å². The van der Waals surface area contributed by atoms with Crippen LogP contribution in [0.2, 0.25) is 0 Å². The molecule has 2 rings (SSSR count). The number of nitrogens with zero attached hydrogens (tertiary/aromatic N) is 1. The lowest BCUT2D eigenvalue weighted by Crippen LogP contribution is -2.21. The number of fused-ring (bicyclic) bond motifs is 1. The maximum atomic E-state index is 5.79. The maximum absolute atomic E-state index is 5.79. The van der Waals surface area contributed by atoms with E-state index in [0.717, 1.165) is 19.6 Å². The van der Waals surface area contributed by atoms with Crippen molar-refractivity contribution in [2.24, 2.45) is 5.73 Å². The van der Waals surface area contributed by atoms with Gasteiger partial charge in [0.15, 0.2) is 0 Å². The van der Waals surface area contributed by atoms with Gasteiger partial charge in [-0.25, -0.2) is 0 Å². The Morgan fingerprint density at radius 3 is 2.68 bits per heavy atom. The molecule has 1 aromatic heterocycles. The van der Waals surface area contributed by atoms with E-state index in [-0.39, 0.29) is 5.60 Å². The SMILES string of the molecule is CC(C)(C)OCCn1ccc2ccc(CCN)cc21. The van der Waals surface area contributed by atoms with Crippen LogP contribution < -0.4 is 5.73 Å². The number of rotatable bonds is 5. The van der Waals surface area contributed by atoms with Gasteiger partial charge in [0, 0.05) is 18.3 Å². The lowest BCUT2D eigenvalue weighted by Gasteiger charge is -2.19. The number of ether oxygens (including phenoxy) is 1. The fourth-order valence-corrected chi connectivity index (χ4v) is 2.20. The quantitative estimate of drug-likeness (QED) is 0.898. The van der Waals surface area contributed by atoms with Crippen LogP contribution in [-0.4, -0.2) is 23.3 Å². The highest BCUT2D eigenvalue weighted by Crippen LogP contribution is 2.18. The van der Waals surface area contributed by atoms with Crippen molar-refractivity contribution in [1.29, 1.82) is 0 Å². The highest BCUT2D eigenvalue weighted by molar-refractivity contribution is 5.80. The monoisotopic (exact) mass is 260 g/mol. The lowest BCUT2D eigenvalue weighted by atomic mass is 10.1. The number of benzene rings is 1. The molecule has 0 saturated heterocycles. The molecule has 0 aliphatic carbocycles. The summed E-state index contributed by atoms with van der Waals surface area (Å²) in [4.78, 5) is 0. The van der Waals surface area contributed by atoms with Crippen molar-refractivity contribution in [1.82, 2.24) is 4.57 Å². The number of hydrogen-bond acceptors (Lipinski definition) is 2. The van der Waals surface area contributed by atoms with Gasteiger partial charge in [0.2, 0.25) is 0 Å². The van der Waals surface area contributed by atoms with Crippen LogP contribution in [0.5, 0.6) is 0 Å². The van der Waals surface area contributed by atoms with E-state index in [1.807, 2.05) is 0 Å². The Hall–Kier alpha value is -1.32. The predicted octanol–water partition coefficient (Wildman–Crippen LogP) is 2.96. The van der Waals surface area contributed by atoms with E-state index >= 15 is 0 Å². The second-order valence-electron chi connectivity index (χ2n) is 5.90. The van der Waals surface area contributed by atoms with Crippen molar-refractivity contribution in [3.8, 4) is 0 Å². The third kappa shape index (κ3) is 3.82. The van der Waals surface area contributed by atoms with Crippen LogP contribution in [0, 0.1) is 0 Å². The fourth-order valence-electron chi connectivity index (χ4n) is 2.20. The molecule has 0 saturated carbocycles. The van der Waals surface area contributed by atoms with E-state index in [2.05, 4.69) is 55.8 Å². The zero-order valence-corrected chi connectivity index (χ0v) is 12.1. The van der Waals surface area contributed by atoms with Gasteiger partial charge in [0.1, 0.15) is 0 Å². The van der Waals surface area contributed by atoms with E-state index in [1.54, 1.807) is 0 Å². The van der Waals surface area contributed by atoms with Crippen LogP contribution in [0.3, 0.4) is 0 Å². The largest absolute Gasteiger partial charge is 0.374 e. The molecule has 104 valence electrons. The molecule has 0 spiro atoms. The van der Waals surface area contributed by atoms with Crippen LogP contribution in [0.25, 0.3) is 10.9 Å². The number of nitrogens with two attached hydrogens (primary N) is 1. The van der Waals surface area contributed by atoms with Crippen LogP contribution >= 0.6 is 0 Å². The first kappa shape index (κ1) is 14.1. The van der Waals surface area contributed by atoms with Crippen LogP contribution in [0.4, 0.5) is 0 Å². The number of aromatic nitrogens is 1. The average molecular weight is 260 g/mol. The van der Waals surface area contributed by atoms with Crippen molar-refractivity contribution in [3.63, 3.8) is 0 Å². The van der Waals surface area contributed by atoms with Crippen molar-refractivity contribution in [3.05, 3.63) is 36.0 Å². The topological polar surface area (TPSA) is 40.2 Å². The fraction of sp³-hybridized carbons (Fsp3) is 0.500. The molecule has 19 heavy (non-hydrogen) atoms. The standard InChI is InChI=1S/C16H24N2O/c1-16(2,3)19-11-10-18-9-7-14-5-4-13(6-8-17)12-15(14)18/h4-5,7,9,12H,6,8,10-11,17H2,1-3H3. The molecule has 0 fully saturated rings. The van der Waals surface area contributed by atoms with Crippen LogP contribution in [0.1, 0.15) is 26.3 Å². The van der Waals surface area contributed by atoms with Crippen molar-refractivity contribution < 1.29 is 4.74 Å². The summed E-state index contributed by atoms with van der Waals surface area (Å²) >= 11 is 0. The summed E-state index contributed by atoms with van der Waals surface area (Å²) in [6.07, 6.45) is 3.06. The average Bonchev–Trinajstić information content (AvgIpc) is 2.71. The second-order valence-corrected chi connectivity index (χ2v) is 5.90. The summed E-state index contributed by atoms with van der Waals surface area (Å²) in [6.45, 7) is 8.56. The zero-order valence-electron chi connectivity index (χ0n) is 12.1. The van der Waals surface area contributed by atoms with E-state index in [1.165, 1.54) is 16.5 Å². The molecule has 2 N–H and O–H groups in total. The zero-order chi connectivity index (χ0) is 13.9. The Morgan fingerprint density at radius 1 is 1.21 bits per heavy atom. The first-order valence-corrected chi connectivity index (χ1v) is 6.91. The van der Waals surface area contributed by atoms with Crippen molar-refractivity contribution in [2.45, 2.75) is 39.3 Å². The molecule has 0 unspecified atom stereocenters. The smallest absolute Gasteiger partial charge is 0.0652 e. The molecule has 0 atom stereocenters. The first-order chi connectivity index (χ1) is 8.99. The molecule has 2 aromatic rings. The molecular weight excluding hydrogens is 236 g/mol. The molecule has 1 heterocycles. The van der Waals surface area contributed by atoms with Gasteiger partial charge in [-0.15, -0.1) is 0 Å². The van der Waals surface area contributed by atoms with Gasteiger partial charge in [-0.2, -0.15) is 0 Å². The molecule has 1 aromatic carbocycles. The minimum absolute atomic E-state index is 0.0757.